The first kappa shape index (κ1) is 14.0. The van der Waals surface area contributed by atoms with Crippen LogP contribution in [-0.4, -0.2) is 23.1 Å². The number of anilines is 2. The van der Waals surface area contributed by atoms with E-state index in [1.165, 1.54) is 38.3 Å². The second-order valence-corrected chi connectivity index (χ2v) is 5.14. The van der Waals surface area contributed by atoms with Crippen LogP contribution >= 0.6 is 0 Å². The summed E-state index contributed by atoms with van der Waals surface area (Å²) >= 11 is 0. The number of hydrogen-bond acceptors (Lipinski definition) is 4. The van der Waals surface area contributed by atoms with Gasteiger partial charge < -0.3 is 10.6 Å². The number of nitrogens with zero attached hydrogens (tertiary/aromatic N) is 2. The maximum atomic E-state index is 13.6. The topological polar surface area (TPSA) is 49.8 Å². The monoisotopic (exact) mass is 266 g/mol. The van der Waals surface area contributed by atoms with Crippen LogP contribution in [0.25, 0.3) is 0 Å². The molecule has 4 nitrogen and oxygen atoms in total. The lowest BCUT2D eigenvalue weighted by molar-refractivity contribution is 0.345. The zero-order chi connectivity index (χ0) is 13.5. The molecule has 1 saturated carbocycles. The van der Waals surface area contributed by atoms with Crippen molar-refractivity contribution in [2.24, 2.45) is 5.92 Å². The lowest BCUT2D eigenvalue weighted by Gasteiger charge is -2.21. The summed E-state index contributed by atoms with van der Waals surface area (Å²) in [6.45, 7) is 3.47. The maximum Gasteiger partial charge on any atom is 0.224 e. The molecule has 2 N–H and O–H groups in total. The van der Waals surface area contributed by atoms with Crippen molar-refractivity contribution in [1.82, 2.24) is 9.97 Å². The number of aromatic nitrogens is 2. The van der Waals surface area contributed by atoms with Crippen LogP contribution in [0.2, 0.25) is 0 Å². The van der Waals surface area contributed by atoms with E-state index in [0.717, 1.165) is 25.4 Å². The molecule has 0 aliphatic heterocycles. The molecule has 19 heavy (non-hydrogen) atoms. The van der Waals surface area contributed by atoms with Crippen LogP contribution in [0.3, 0.4) is 0 Å². The fraction of sp³-hybridized carbons (Fsp3) is 0.714. The lowest BCUT2D eigenvalue weighted by Crippen LogP contribution is -2.14. The molecule has 5 heteroatoms. The van der Waals surface area contributed by atoms with E-state index in [2.05, 4.69) is 20.6 Å². The molecular weight excluding hydrogens is 243 g/mol. The maximum absolute atomic E-state index is 13.6. The number of rotatable bonds is 6. The lowest BCUT2D eigenvalue weighted by atomic mass is 9.87. The van der Waals surface area contributed by atoms with Gasteiger partial charge in [0.2, 0.25) is 5.95 Å². The minimum absolute atomic E-state index is 0.307. The Bertz CT molecular complexity index is 391. The highest BCUT2D eigenvalue weighted by Crippen LogP contribution is 2.26. The van der Waals surface area contributed by atoms with Gasteiger partial charge in [-0.3, -0.25) is 0 Å². The third-order valence-electron chi connectivity index (χ3n) is 3.65. The summed E-state index contributed by atoms with van der Waals surface area (Å²) in [5, 5.41) is 6.08. The van der Waals surface area contributed by atoms with Gasteiger partial charge in [0.25, 0.3) is 0 Å². The molecule has 0 aromatic carbocycles. The number of hydrogen-bond donors (Lipinski definition) is 2. The molecule has 0 spiro atoms. The first-order chi connectivity index (χ1) is 9.29. The van der Waals surface area contributed by atoms with Gasteiger partial charge in [0, 0.05) is 13.1 Å². The van der Waals surface area contributed by atoms with Gasteiger partial charge in [0.1, 0.15) is 0 Å². The molecule has 0 amide bonds. The first-order valence-corrected chi connectivity index (χ1v) is 7.30. The normalized spacial score (nSPS) is 16.3. The van der Waals surface area contributed by atoms with Crippen LogP contribution < -0.4 is 10.6 Å². The molecule has 0 saturated heterocycles. The van der Waals surface area contributed by atoms with E-state index in [1.54, 1.807) is 0 Å². The summed E-state index contributed by atoms with van der Waals surface area (Å²) in [5.41, 5.74) is 0. The zero-order valence-corrected chi connectivity index (χ0v) is 11.6. The van der Waals surface area contributed by atoms with E-state index in [4.69, 9.17) is 0 Å². The standard InChI is InChI=1S/C14H23FN4/c1-2-16-14-18-10-12(15)13(19-14)17-9-8-11-6-4-3-5-7-11/h10-11H,2-9H2,1H3,(H2,16,17,18,19). The summed E-state index contributed by atoms with van der Waals surface area (Å²) in [4.78, 5) is 8.03. The Labute approximate surface area is 114 Å². The van der Waals surface area contributed by atoms with Gasteiger partial charge in [0.15, 0.2) is 11.6 Å². The second-order valence-electron chi connectivity index (χ2n) is 5.14. The fourth-order valence-corrected chi connectivity index (χ4v) is 2.60. The quantitative estimate of drug-likeness (QED) is 0.828. The van der Waals surface area contributed by atoms with E-state index < -0.39 is 0 Å². The van der Waals surface area contributed by atoms with E-state index >= 15 is 0 Å². The van der Waals surface area contributed by atoms with Crippen LogP contribution in [0.15, 0.2) is 6.20 Å². The van der Waals surface area contributed by atoms with Crippen molar-refractivity contribution >= 4 is 11.8 Å². The van der Waals surface area contributed by atoms with Crippen LogP contribution in [0.1, 0.15) is 45.4 Å². The Kier molecular flexibility index (Phi) is 5.36. The minimum Gasteiger partial charge on any atom is -0.367 e. The smallest absolute Gasteiger partial charge is 0.224 e. The Hall–Kier alpha value is -1.39. The van der Waals surface area contributed by atoms with Crippen LogP contribution in [-0.2, 0) is 0 Å². The largest absolute Gasteiger partial charge is 0.367 e. The SMILES string of the molecule is CCNc1ncc(F)c(NCCC2CCCCC2)n1. The minimum atomic E-state index is -0.384. The second kappa shape index (κ2) is 7.26. The molecule has 106 valence electrons. The van der Waals surface area contributed by atoms with E-state index in [9.17, 15) is 4.39 Å². The molecule has 1 aliphatic carbocycles. The van der Waals surface area contributed by atoms with Gasteiger partial charge >= 0.3 is 0 Å². The summed E-state index contributed by atoms with van der Waals surface area (Å²) in [6, 6.07) is 0. The third-order valence-corrected chi connectivity index (χ3v) is 3.65. The first-order valence-electron chi connectivity index (χ1n) is 7.30. The molecule has 1 fully saturated rings. The van der Waals surface area contributed by atoms with Gasteiger partial charge in [0.05, 0.1) is 6.20 Å². The summed E-state index contributed by atoms with van der Waals surface area (Å²) in [7, 11) is 0. The highest BCUT2D eigenvalue weighted by atomic mass is 19.1. The molecular formula is C14H23FN4. The van der Waals surface area contributed by atoms with Crippen molar-refractivity contribution in [3.8, 4) is 0 Å². The van der Waals surface area contributed by atoms with Crippen molar-refractivity contribution in [2.45, 2.75) is 45.4 Å². The Morgan fingerprint density at radius 1 is 1.26 bits per heavy atom. The molecule has 1 aromatic heterocycles. The average Bonchev–Trinajstić information content (AvgIpc) is 2.44. The van der Waals surface area contributed by atoms with Crippen LogP contribution in [0.5, 0.6) is 0 Å². The van der Waals surface area contributed by atoms with E-state index in [1.807, 2.05) is 6.92 Å². The van der Waals surface area contributed by atoms with Gasteiger partial charge in [-0.05, 0) is 19.3 Å². The average molecular weight is 266 g/mol. The van der Waals surface area contributed by atoms with Crippen molar-refractivity contribution in [3.05, 3.63) is 12.0 Å². The highest BCUT2D eigenvalue weighted by molar-refractivity contribution is 5.40. The van der Waals surface area contributed by atoms with Crippen LogP contribution in [0, 0.1) is 11.7 Å². The van der Waals surface area contributed by atoms with Crippen LogP contribution in [0.4, 0.5) is 16.2 Å². The predicted molar refractivity (Wildman–Crippen MR) is 75.8 cm³/mol. The molecule has 1 heterocycles. The number of halogens is 1. The third kappa shape index (κ3) is 4.33. The molecule has 1 aromatic rings. The van der Waals surface area contributed by atoms with Crippen molar-refractivity contribution < 1.29 is 4.39 Å². The fourth-order valence-electron chi connectivity index (χ4n) is 2.60. The van der Waals surface area contributed by atoms with Crippen molar-refractivity contribution in [1.29, 1.82) is 0 Å². The van der Waals surface area contributed by atoms with Gasteiger partial charge in [-0.25, -0.2) is 9.37 Å². The van der Waals surface area contributed by atoms with Gasteiger partial charge in [-0.2, -0.15) is 4.98 Å². The Morgan fingerprint density at radius 2 is 2.05 bits per heavy atom. The Balaban J connectivity index is 1.82. The summed E-state index contributed by atoms with van der Waals surface area (Å²) in [6.07, 6.45) is 9.01. The molecule has 0 bridgehead atoms. The zero-order valence-electron chi connectivity index (χ0n) is 11.6. The van der Waals surface area contributed by atoms with E-state index in [0.29, 0.717) is 11.8 Å². The Morgan fingerprint density at radius 3 is 2.79 bits per heavy atom. The molecule has 0 radical (unpaired) electrons. The molecule has 0 atom stereocenters. The summed E-state index contributed by atoms with van der Waals surface area (Å²) in [5.74, 6) is 1.19. The van der Waals surface area contributed by atoms with Gasteiger partial charge in [-0.1, -0.05) is 32.1 Å². The molecule has 0 unspecified atom stereocenters. The highest BCUT2D eigenvalue weighted by Gasteiger charge is 2.13. The van der Waals surface area contributed by atoms with Gasteiger partial charge in [-0.15, -0.1) is 0 Å². The summed E-state index contributed by atoms with van der Waals surface area (Å²) < 4.78 is 13.6. The number of nitrogens with one attached hydrogen (secondary N) is 2. The molecule has 2 rings (SSSR count). The molecule has 1 aliphatic rings. The van der Waals surface area contributed by atoms with Crippen molar-refractivity contribution in [3.63, 3.8) is 0 Å². The predicted octanol–water partition coefficient (Wildman–Crippen LogP) is 3.43. The van der Waals surface area contributed by atoms with Crippen molar-refractivity contribution in [2.75, 3.05) is 23.7 Å². The van der Waals surface area contributed by atoms with E-state index in [-0.39, 0.29) is 5.82 Å².